The van der Waals surface area contributed by atoms with Gasteiger partial charge in [0.25, 0.3) is 0 Å². The molecule has 0 amide bonds. The van der Waals surface area contributed by atoms with Crippen LogP contribution < -0.4 is 0 Å². The highest BCUT2D eigenvalue weighted by molar-refractivity contribution is 5.84. The summed E-state index contributed by atoms with van der Waals surface area (Å²) in [6, 6.07) is 0. The first-order valence-corrected chi connectivity index (χ1v) is 5.95. The molecule has 0 aliphatic carbocycles. The number of hydrogen-bond acceptors (Lipinski definition) is 1. The van der Waals surface area contributed by atoms with Gasteiger partial charge in [-0.2, -0.15) is 0 Å². The Morgan fingerprint density at radius 1 is 1.08 bits per heavy atom. The van der Waals surface area contributed by atoms with Gasteiger partial charge >= 0.3 is 0 Å². The lowest BCUT2D eigenvalue weighted by atomic mass is 10.0. The Hall–Kier alpha value is -0.330. The summed E-state index contributed by atoms with van der Waals surface area (Å²) in [7, 11) is 0. The van der Waals surface area contributed by atoms with Gasteiger partial charge in [-0.3, -0.25) is 4.99 Å². The second kappa shape index (κ2) is 7.11. The molecule has 1 aliphatic rings. The van der Waals surface area contributed by atoms with Gasteiger partial charge in [-0.15, -0.1) is 0 Å². The number of unbranched alkanes of at least 4 members (excludes halogenated alkanes) is 4. The van der Waals surface area contributed by atoms with E-state index in [4.69, 9.17) is 0 Å². The average Bonchev–Trinajstić information content (AvgIpc) is 2.19. The van der Waals surface area contributed by atoms with E-state index in [9.17, 15) is 0 Å². The van der Waals surface area contributed by atoms with E-state index >= 15 is 0 Å². The van der Waals surface area contributed by atoms with E-state index in [0.717, 1.165) is 6.54 Å². The minimum atomic E-state index is 1.10. The molecule has 0 radical (unpaired) electrons. The maximum Gasteiger partial charge on any atom is 0.0388 e. The van der Waals surface area contributed by atoms with Gasteiger partial charge < -0.3 is 0 Å². The van der Waals surface area contributed by atoms with Gasteiger partial charge in [-0.05, 0) is 32.1 Å². The van der Waals surface area contributed by atoms with Crippen LogP contribution in [0.4, 0.5) is 0 Å². The Morgan fingerprint density at radius 3 is 2.62 bits per heavy atom. The maximum absolute atomic E-state index is 4.56. The summed E-state index contributed by atoms with van der Waals surface area (Å²) in [5, 5.41) is 0. The summed E-state index contributed by atoms with van der Waals surface area (Å²) >= 11 is 0. The molecule has 0 aromatic rings. The van der Waals surface area contributed by atoms with Gasteiger partial charge in [-0.1, -0.05) is 32.6 Å². The first-order chi connectivity index (χ1) is 6.43. The molecular weight excluding hydrogens is 158 g/mol. The normalized spacial score (nSPS) is 17.2. The Balaban J connectivity index is 1.95. The van der Waals surface area contributed by atoms with Crippen LogP contribution in [0.5, 0.6) is 0 Å². The van der Waals surface area contributed by atoms with Crippen LogP contribution in [0.15, 0.2) is 4.99 Å². The second-order valence-corrected chi connectivity index (χ2v) is 4.07. The lowest BCUT2D eigenvalue weighted by Gasteiger charge is -2.11. The summed E-state index contributed by atoms with van der Waals surface area (Å²) in [5.41, 5.74) is 1.50. The zero-order chi connectivity index (χ0) is 9.36. The molecule has 0 atom stereocenters. The molecule has 0 saturated heterocycles. The predicted molar refractivity (Wildman–Crippen MR) is 59.5 cm³/mol. The van der Waals surface area contributed by atoms with Crippen molar-refractivity contribution in [3.8, 4) is 0 Å². The maximum atomic E-state index is 4.56. The summed E-state index contributed by atoms with van der Waals surface area (Å²) in [6.07, 6.45) is 12.2. The fraction of sp³-hybridized carbons (Fsp3) is 0.917. The molecule has 0 saturated carbocycles. The van der Waals surface area contributed by atoms with Crippen molar-refractivity contribution in [2.45, 2.75) is 64.7 Å². The summed E-state index contributed by atoms with van der Waals surface area (Å²) in [4.78, 5) is 4.56. The zero-order valence-corrected chi connectivity index (χ0v) is 9.02. The number of nitrogens with zero attached hydrogens (tertiary/aromatic N) is 1. The van der Waals surface area contributed by atoms with Crippen LogP contribution in [0.1, 0.15) is 64.7 Å². The third-order valence-electron chi connectivity index (χ3n) is 2.78. The molecule has 0 fully saturated rings. The lowest BCUT2D eigenvalue weighted by Crippen LogP contribution is -2.05. The van der Waals surface area contributed by atoms with Crippen molar-refractivity contribution in [2.75, 3.05) is 6.54 Å². The van der Waals surface area contributed by atoms with Gasteiger partial charge in [0, 0.05) is 12.3 Å². The van der Waals surface area contributed by atoms with Gasteiger partial charge in [0.2, 0.25) is 0 Å². The molecule has 1 aliphatic heterocycles. The highest BCUT2D eigenvalue weighted by atomic mass is 14.7. The van der Waals surface area contributed by atoms with Crippen LogP contribution >= 0.6 is 0 Å². The molecular formula is C12H23N. The van der Waals surface area contributed by atoms with Crippen LogP contribution in [-0.4, -0.2) is 12.3 Å². The van der Waals surface area contributed by atoms with Gasteiger partial charge in [0.1, 0.15) is 0 Å². The highest BCUT2D eigenvalue weighted by Crippen LogP contribution is 2.12. The van der Waals surface area contributed by atoms with E-state index in [2.05, 4.69) is 11.9 Å². The molecule has 0 aromatic carbocycles. The van der Waals surface area contributed by atoms with Crippen molar-refractivity contribution >= 4 is 5.71 Å². The summed E-state index contributed by atoms with van der Waals surface area (Å²) in [6.45, 7) is 3.37. The molecule has 76 valence electrons. The van der Waals surface area contributed by atoms with E-state index in [1.165, 1.54) is 63.5 Å². The monoisotopic (exact) mass is 181 g/mol. The first kappa shape index (κ1) is 10.7. The Labute approximate surface area is 82.6 Å². The van der Waals surface area contributed by atoms with Gasteiger partial charge in [0.15, 0.2) is 0 Å². The van der Waals surface area contributed by atoms with Crippen LogP contribution in [0.3, 0.4) is 0 Å². The molecule has 0 N–H and O–H groups in total. The predicted octanol–water partition coefficient (Wildman–Crippen LogP) is 3.97. The van der Waals surface area contributed by atoms with Crippen LogP contribution in [0.2, 0.25) is 0 Å². The average molecular weight is 181 g/mol. The van der Waals surface area contributed by atoms with Crippen molar-refractivity contribution in [3.05, 3.63) is 0 Å². The molecule has 0 bridgehead atoms. The van der Waals surface area contributed by atoms with E-state index in [1.807, 2.05) is 0 Å². The summed E-state index contributed by atoms with van der Waals surface area (Å²) in [5.74, 6) is 0. The van der Waals surface area contributed by atoms with E-state index in [-0.39, 0.29) is 0 Å². The van der Waals surface area contributed by atoms with Crippen molar-refractivity contribution in [3.63, 3.8) is 0 Å². The second-order valence-electron chi connectivity index (χ2n) is 4.07. The molecule has 1 heterocycles. The van der Waals surface area contributed by atoms with E-state index in [0.29, 0.717) is 0 Å². The Morgan fingerprint density at radius 2 is 1.92 bits per heavy atom. The van der Waals surface area contributed by atoms with Crippen molar-refractivity contribution in [1.82, 2.24) is 0 Å². The Bertz CT molecular complexity index is 149. The third kappa shape index (κ3) is 5.07. The molecule has 1 heteroatoms. The zero-order valence-electron chi connectivity index (χ0n) is 9.02. The van der Waals surface area contributed by atoms with Crippen LogP contribution in [0, 0.1) is 0 Å². The number of hydrogen-bond donors (Lipinski definition) is 0. The van der Waals surface area contributed by atoms with Crippen molar-refractivity contribution in [2.24, 2.45) is 4.99 Å². The molecule has 0 unspecified atom stereocenters. The van der Waals surface area contributed by atoms with Gasteiger partial charge in [0.05, 0.1) is 0 Å². The van der Waals surface area contributed by atoms with Crippen molar-refractivity contribution < 1.29 is 0 Å². The third-order valence-corrected chi connectivity index (χ3v) is 2.78. The fourth-order valence-electron chi connectivity index (χ4n) is 1.89. The topological polar surface area (TPSA) is 12.4 Å². The highest BCUT2D eigenvalue weighted by Gasteiger charge is 2.03. The van der Waals surface area contributed by atoms with E-state index < -0.39 is 0 Å². The Kier molecular flexibility index (Phi) is 5.88. The smallest absolute Gasteiger partial charge is 0.0388 e. The lowest BCUT2D eigenvalue weighted by molar-refractivity contribution is 0.634. The minimum Gasteiger partial charge on any atom is -0.294 e. The number of rotatable bonds is 6. The van der Waals surface area contributed by atoms with Crippen LogP contribution in [0.25, 0.3) is 0 Å². The fourth-order valence-corrected chi connectivity index (χ4v) is 1.89. The molecule has 1 nitrogen and oxygen atoms in total. The first-order valence-electron chi connectivity index (χ1n) is 5.95. The molecule has 0 aromatic heterocycles. The largest absolute Gasteiger partial charge is 0.294 e. The minimum absolute atomic E-state index is 1.10. The summed E-state index contributed by atoms with van der Waals surface area (Å²) < 4.78 is 0. The van der Waals surface area contributed by atoms with E-state index in [1.54, 1.807) is 0 Å². The van der Waals surface area contributed by atoms with Crippen LogP contribution in [-0.2, 0) is 0 Å². The quantitative estimate of drug-likeness (QED) is 0.550. The molecule has 0 spiro atoms. The molecule has 13 heavy (non-hydrogen) atoms. The van der Waals surface area contributed by atoms with Gasteiger partial charge in [-0.25, -0.2) is 0 Å². The SMILES string of the molecule is CCCCCCCC1=NCCCC1. The van der Waals surface area contributed by atoms with Crippen molar-refractivity contribution in [1.29, 1.82) is 0 Å². The standard InChI is InChI=1S/C12H23N/c1-2-3-4-5-6-9-12-10-7-8-11-13-12/h2-11H2,1H3. The molecule has 1 rings (SSSR count). The number of aliphatic imine (C=N–C) groups is 1.